The number of halogens is 1. The molecular weight excluding hydrogens is 324 g/mol. The number of benzene rings is 1. The molecule has 0 amide bonds. The first-order valence-electron chi connectivity index (χ1n) is 5.39. The van der Waals surface area contributed by atoms with Gasteiger partial charge in [-0.25, -0.2) is 4.98 Å². The van der Waals surface area contributed by atoms with Crippen molar-refractivity contribution < 1.29 is 18.4 Å². The van der Waals surface area contributed by atoms with Crippen molar-refractivity contribution in [2.45, 2.75) is 5.03 Å². The number of hydrogen-bond acceptors (Lipinski definition) is 6. The van der Waals surface area contributed by atoms with Crippen molar-refractivity contribution in [3.05, 3.63) is 39.8 Å². The molecule has 0 bridgehead atoms. The number of aromatic nitrogens is 2. The van der Waals surface area contributed by atoms with E-state index in [4.69, 9.17) is 11.6 Å². The van der Waals surface area contributed by atoms with Gasteiger partial charge in [-0.2, -0.15) is 8.42 Å². The Labute approximate surface area is 124 Å². The molecule has 112 valence electrons. The zero-order valence-electron chi connectivity index (χ0n) is 10.5. The maximum Gasteiger partial charge on any atom is 0.297 e. The van der Waals surface area contributed by atoms with Crippen LogP contribution in [0.3, 0.4) is 0 Å². The van der Waals surface area contributed by atoms with E-state index in [1.165, 1.54) is 17.9 Å². The van der Waals surface area contributed by atoms with Gasteiger partial charge in [-0.1, -0.05) is 11.6 Å². The quantitative estimate of drug-likeness (QED) is 0.496. The van der Waals surface area contributed by atoms with Gasteiger partial charge in [-0.05, 0) is 12.1 Å². The minimum Gasteiger partial charge on any atom is -0.508 e. The van der Waals surface area contributed by atoms with Gasteiger partial charge in [-0.15, -0.1) is 0 Å². The molecule has 11 heteroatoms. The van der Waals surface area contributed by atoms with Crippen molar-refractivity contribution in [1.82, 2.24) is 9.55 Å². The van der Waals surface area contributed by atoms with Crippen molar-refractivity contribution in [2.24, 2.45) is 7.05 Å². The first-order valence-corrected chi connectivity index (χ1v) is 7.25. The van der Waals surface area contributed by atoms with Gasteiger partial charge in [0.15, 0.2) is 0 Å². The second kappa shape index (κ2) is 5.22. The van der Waals surface area contributed by atoms with Gasteiger partial charge < -0.3 is 9.67 Å². The lowest BCUT2D eigenvalue weighted by atomic mass is 10.2. The zero-order chi connectivity index (χ0) is 15.8. The van der Waals surface area contributed by atoms with Gasteiger partial charge in [0.05, 0.1) is 17.3 Å². The van der Waals surface area contributed by atoms with Crippen LogP contribution in [-0.4, -0.2) is 28.0 Å². The molecule has 1 aromatic heterocycles. The van der Waals surface area contributed by atoms with E-state index in [1.54, 1.807) is 0 Å². The Hall–Kier alpha value is -2.33. The maximum atomic E-state index is 12.1. The van der Waals surface area contributed by atoms with Gasteiger partial charge >= 0.3 is 0 Å². The predicted molar refractivity (Wildman–Crippen MR) is 73.8 cm³/mol. The van der Waals surface area contributed by atoms with Crippen LogP contribution in [0.25, 0.3) is 0 Å². The number of hydrogen-bond donors (Lipinski definition) is 2. The van der Waals surface area contributed by atoms with Gasteiger partial charge in [0, 0.05) is 7.05 Å². The molecule has 0 radical (unpaired) electrons. The summed E-state index contributed by atoms with van der Waals surface area (Å²) in [5.41, 5.74) is -0.898. The fourth-order valence-electron chi connectivity index (χ4n) is 1.52. The summed E-state index contributed by atoms with van der Waals surface area (Å²) in [5.74, 6) is -0.361. The number of aryl methyl sites for hydroxylation is 1. The summed E-state index contributed by atoms with van der Waals surface area (Å²) in [7, 11) is -2.69. The largest absolute Gasteiger partial charge is 0.508 e. The van der Waals surface area contributed by atoms with E-state index >= 15 is 0 Å². The molecule has 0 aliphatic heterocycles. The van der Waals surface area contributed by atoms with E-state index in [9.17, 15) is 23.6 Å². The van der Waals surface area contributed by atoms with E-state index in [2.05, 4.69) is 4.98 Å². The summed E-state index contributed by atoms with van der Waals surface area (Å²) >= 11 is 5.79. The fourth-order valence-corrected chi connectivity index (χ4v) is 3.03. The summed E-state index contributed by atoms with van der Waals surface area (Å²) in [5, 5.41) is 19.5. The minimum absolute atomic E-state index is 0.135. The first kappa shape index (κ1) is 15.1. The topological polar surface area (TPSA) is 127 Å². The van der Waals surface area contributed by atoms with E-state index in [0.29, 0.717) is 0 Å². The standard InChI is InChI=1S/C10H9ClN4O5S/c1-14-5-12-10(9(14)11)21(19,20)13-7-3-2-6(16)4-8(7)15(17)18/h2-5,13,16H,1H3. The Bertz CT molecular complexity index is 817. The summed E-state index contributed by atoms with van der Waals surface area (Å²) in [4.78, 5) is 13.7. The van der Waals surface area contributed by atoms with Crippen LogP contribution in [0.4, 0.5) is 11.4 Å². The highest BCUT2D eigenvalue weighted by atomic mass is 35.5. The summed E-state index contributed by atoms with van der Waals surface area (Å²) in [6.07, 6.45) is 1.20. The number of imidazole rings is 1. The van der Waals surface area contributed by atoms with Crippen LogP contribution in [0.2, 0.25) is 5.15 Å². The Balaban J connectivity index is 2.47. The summed E-state index contributed by atoms with van der Waals surface area (Å²) < 4.78 is 27.6. The SMILES string of the molecule is Cn1cnc(S(=O)(=O)Nc2ccc(O)cc2[N+](=O)[O-])c1Cl. The van der Waals surface area contributed by atoms with Crippen molar-refractivity contribution in [1.29, 1.82) is 0 Å². The summed E-state index contributed by atoms with van der Waals surface area (Å²) in [6.45, 7) is 0. The Morgan fingerprint density at radius 3 is 2.67 bits per heavy atom. The third kappa shape index (κ3) is 2.90. The van der Waals surface area contributed by atoms with Crippen LogP contribution >= 0.6 is 11.6 Å². The van der Waals surface area contributed by atoms with Crippen molar-refractivity contribution in [3.8, 4) is 5.75 Å². The number of sulfonamides is 1. The van der Waals surface area contributed by atoms with E-state index in [1.807, 2.05) is 4.72 Å². The highest BCUT2D eigenvalue weighted by Gasteiger charge is 2.26. The number of rotatable bonds is 4. The molecule has 0 aliphatic carbocycles. The van der Waals surface area contributed by atoms with E-state index in [-0.39, 0.29) is 16.6 Å². The molecule has 9 nitrogen and oxygen atoms in total. The number of nitro groups is 1. The second-order valence-electron chi connectivity index (χ2n) is 4.02. The molecular formula is C10H9ClN4O5S. The molecule has 0 spiro atoms. The van der Waals surface area contributed by atoms with Crippen molar-refractivity contribution in [3.63, 3.8) is 0 Å². The van der Waals surface area contributed by atoms with Crippen LogP contribution in [0.15, 0.2) is 29.6 Å². The number of phenolic OH excluding ortho intramolecular Hbond substituents is 1. The van der Waals surface area contributed by atoms with Crippen LogP contribution in [0, 0.1) is 10.1 Å². The van der Waals surface area contributed by atoms with Gasteiger partial charge in [0.25, 0.3) is 15.7 Å². The fraction of sp³-hybridized carbons (Fsp3) is 0.100. The first-order chi connectivity index (χ1) is 9.72. The maximum absolute atomic E-state index is 12.1. The summed E-state index contributed by atoms with van der Waals surface area (Å²) in [6, 6.07) is 3.02. The molecule has 21 heavy (non-hydrogen) atoms. The number of anilines is 1. The molecule has 0 fully saturated rings. The Kier molecular flexibility index (Phi) is 3.75. The lowest BCUT2D eigenvalue weighted by molar-refractivity contribution is -0.384. The van der Waals surface area contributed by atoms with Crippen LogP contribution < -0.4 is 4.72 Å². The molecule has 2 N–H and O–H groups in total. The van der Waals surface area contributed by atoms with Crippen molar-refractivity contribution >= 4 is 33.0 Å². The molecule has 2 rings (SSSR count). The molecule has 2 aromatic rings. The van der Waals surface area contributed by atoms with Crippen LogP contribution in [-0.2, 0) is 17.1 Å². The molecule has 1 heterocycles. The molecule has 0 unspecified atom stereocenters. The normalized spacial score (nSPS) is 11.3. The highest BCUT2D eigenvalue weighted by molar-refractivity contribution is 7.92. The van der Waals surface area contributed by atoms with E-state index < -0.39 is 25.7 Å². The van der Waals surface area contributed by atoms with E-state index in [0.717, 1.165) is 18.2 Å². The molecule has 1 aromatic carbocycles. The molecule has 0 atom stereocenters. The average Bonchev–Trinajstić information content (AvgIpc) is 2.72. The lowest BCUT2D eigenvalue weighted by Crippen LogP contribution is -2.15. The van der Waals surface area contributed by atoms with Crippen LogP contribution in [0.1, 0.15) is 0 Å². The highest BCUT2D eigenvalue weighted by Crippen LogP contribution is 2.31. The average molecular weight is 333 g/mol. The third-order valence-electron chi connectivity index (χ3n) is 2.51. The lowest BCUT2D eigenvalue weighted by Gasteiger charge is -2.07. The van der Waals surface area contributed by atoms with Gasteiger partial charge in [-0.3, -0.25) is 14.8 Å². The third-order valence-corrected chi connectivity index (χ3v) is 4.37. The number of nitrogens with one attached hydrogen (secondary N) is 1. The molecule has 0 saturated carbocycles. The smallest absolute Gasteiger partial charge is 0.297 e. The zero-order valence-corrected chi connectivity index (χ0v) is 12.1. The monoisotopic (exact) mass is 332 g/mol. The number of phenols is 1. The number of nitrogens with zero attached hydrogens (tertiary/aromatic N) is 3. The minimum atomic E-state index is -4.19. The van der Waals surface area contributed by atoms with Crippen LogP contribution in [0.5, 0.6) is 5.75 Å². The second-order valence-corrected chi connectivity index (χ2v) is 5.97. The Morgan fingerprint density at radius 1 is 1.48 bits per heavy atom. The van der Waals surface area contributed by atoms with Gasteiger partial charge in [0.2, 0.25) is 5.03 Å². The molecule has 0 aliphatic rings. The number of aromatic hydroxyl groups is 1. The Morgan fingerprint density at radius 2 is 2.14 bits per heavy atom. The van der Waals surface area contributed by atoms with Gasteiger partial charge in [0.1, 0.15) is 16.6 Å². The molecule has 0 saturated heterocycles. The van der Waals surface area contributed by atoms with Crippen molar-refractivity contribution in [2.75, 3.05) is 4.72 Å². The predicted octanol–water partition coefficient (Wildman–Crippen LogP) is 1.49. The number of nitro benzene ring substituents is 1.